The summed E-state index contributed by atoms with van der Waals surface area (Å²) in [5.41, 5.74) is 1.12. The minimum Gasteiger partial charge on any atom is -0.365 e. The van der Waals surface area contributed by atoms with Crippen LogP contribution in [0.2, 0.25) is 0 Å². The summed E-state index contributed by atoms with van der Waals surface area (Å²) >= 11 is 0. The van der Waals surface area contributed by atoms with Gasteiger partial charge in [0.1, 0.15) is 6.73 Å². The summed E-state index contributed by atoms with van der Waals surface area (Å²) in [7, 11) is 1.68. The Bertz CT molecular complexity index is 420. The summed E-state index contributed by atoms with van der Waals surface area (Å²) in [6.07, 6.45) is 0. The molecule has 1 N–H and O–H groups in total. The third-order valence-corrected chi connectivity index (χ3v) is 2.20. The largest absolute Gasteiger partial charge is 0.365 e. The number of hydrogen-bond donors (Lipinski definition) is 1. The van der Waals surface area contributed by atoms with Crippen molar-refractivity contribution in [2.75, 3.05) is 19.2 Å². The number of ether oxygens (including phenoxy) is 1. The van der Waals surface area contributed by atoms with E-state index in [0.29, 0.717) is 6.73 Å². The summed E-state index contributed by atoms with van der Waals surface area (Å²) in [4.78, 5) is 0. The molecule has 2 rings (SSSR count). The second kappa shape index (κ2) is 4.11. The number of anilines is 1. The van der Waals surface area contributed by atoms with Crippen LogP contribution < -0.4 is 5.32 Å². The van der Waals surface area contributed by atoms with Crippen LogP contribution in [0.25, 0.3) is 10.8 Å². The van der Waals surface area contributed by atoms with Gasteiger partial charge in [-0.1, -0.05) is 36.4 Å². The molecule has 0 aliphatic heterocycles. The number of rotatable bonds is 3. The second-order valence-corrected chi connectivity index (χ2v) is 3.14. The summed E-state index contributed by atoms with van der Waals surface area (Å²) in [5, 5.41) is 5.69. The smallest absolute Gasteiger partial charge is 0.116 e. The Hall–Kier alpha value is -1.54. The lowest BCUT2D eigenvalue weighted by Gasteiger charge is -2.08. The maximum absolute atomic E-state index is 4.98. The maximum atomic E-state index is 4.98. The molecule has 0 unspecified atom stereocenters. The van der Waals surface area contributed by atoms with E-state index in [9.17, 15) is 0 Å². The first-order chi connectivity index (χ1) is 6.92. The Kier molecular flexibility index (Phi) is 2.65. The van der Waals surface area contributed by atoms with Crippen molar-refractivity contribution < 1.29 is 4.74 Å². The molecule has 0 amide bonds. The van der Waals surface area contributed by atoms with E-state index in [1.807, 2.05) is 18.2 Å². The van der Waals surface area contributed by atoms with E-state index in [1.165, 1.54) is 10.8 Å². The minimum atomic E-state index is 0.536. The summed E-state index contributed by atoms with van der Waals surface area (Å²) in [6, 6.07) is 14.5. The van der Waals surface area contributed by atoms with E-state index in [4.69, 9.17) is 4.74 Å². The van der Waals surface area contributed by atoms with E-state index >= 15 is 0 Å². The summed E-state index contributed by atoms with van der Waals surface area (Å²) < 4.78 is 4.98. The number of methoxy groups -OCH3 is 1. The van der Waals surface area contributed by atoms with Crippen molar-refractivity contribution in [3.8, 4) is 0 Å². The Morgan fingerprint density at radius 1 is 1.07 bits per heavy atom. The molecule has 2 aromatic carbocycles. The fraction of sp³-hybridized carbons (Fsp3) is 0.167. The molecule has 0 atom stereocenters. The van der Waals surface area contributed by atoms with Crippen molar-refractivity contribution >= 4 is 16.5 Å². The Labute approximate surface area is 83.5 Å². The highest BCUT2D eigenvalue weighted by molar-refractivity contribution is 5.93. The van der Waals surface area contributed by atoms with Crippen molar-refractivity contribution in [2.45, 2.75) is 0 Å². The topological polar surface area (TPSA) is 21.3 Å². The van der Waals surface area contributed by atoms with Crippen molar-refractivity contribution in [2.24, 2.45) is 0 Å². The average molecular weight is 187 g/mol. The van der Waals surface area contributed by atoms with Gasteiger partial charge in [-0.15, -0.1) is 0 Å². The molecule has 0 saturated carbocycles. The third kappa shape index (κ3) is 1.70. The SMILES string of the molecule is COCNc1cccc2ccccc12. The van der Waals surface area contributed by atoms with Crippen LogP contribution in [0.1, 0.15) is 0 Å². The second-order valence-electron chi connectivity index (χ2n) is 3.14. The van der Waals surface area contributed by atoms with Gasteiger partial charge in [-0.3, -0.25) is 0 Å². The molecule has 0 heterocycles. The van der Waals surface area contributed by atoms with Crippen LogP contribution in [0.5, 0.6) is 0 Å². The monoisotopic (exact) mass is 187 g/mol. The fourth-order valence-corrected chi connectivity index (χ4v) is 1.53. The van der Waals surface area contributed by atoms with Crippen molar-refractivity contribution in [3.05, 3.63) is 42.5 Å². The molecule has 0 aliphatic rings. The minimum absolute atomic E-state index is 0.536. The van der Waals surface area contributed by atoms with Crippen molar-refractivity contribution in [1.82, 2.24) is 0 Å². The standard InChI is InChI=1S/C12H13NO/c1-14-9-13-12-8-4-6-10-5-2-3-7-11(10)12/h2-8,13H,9H2,1H3. The van der Waals surface area contributed by atoms with Crippen molar-refractivity contribution in [3.63, 3.8) is 0 Å². The van der Waals surface area contributed by atoms with Gasteiger partial charge in [0.25, 0.3) is 0 Å². The van der Waals surface area contributed by atoms with Gasteiger partial charge < -0.3 is 10.1 Å². The van der Waals surface area contributed by atoms with E-state index in [0.717, 1.165) is 5.69 Å². The van der Waals surface area contributed by atoms with Crippen LogP contribution in [0.4, 0.5) is 5.69 Å². The lowest BCUT2D eigenvalue weighted by atomic mass is 10.1. The van der Waals surface area contributed by atoms with Gasteiger partial charge in [-0.25, -0.2) is 0 Å². The zero-order chi connectivity index (χ0) is 9.80. The van der Waals surface area contributed by atoms with Crippen LogP contribution >= 0.6 is 0 Å². The molecule has 0 radical (unpaired) electrons. The molecule has 0 saturated heterocycles. The molecule has 72 valence electrons. The van der Waals surface area contributed by atoms with Crippen LogP contribution in [0.15, 0.2) is 42.5 Å². The number of fused-ring (bicyclic) bond motifs is 1. The molecule has 2 heteroatoms. The predicted octanol–water partition coefficient (Wildman–Crippen LogP) is 2.86. The molecular weight excluding hydrogens is 174 g/mol. The number of benzene rings is 2. The average Bonchev–Trinajstić information content (AvgIpc) is 2.26. The van der Waals surface area contributed by atoms with Gasteiger partial charge in [-0.2, -0.15) is 0 Å². The molecule has 0 bridgehead atoms. The first-order valence-corrected chi connectivity index (χ1v) is 4.62. The summed E-state index contributed by atoms with van der Waals surface area (Å²) in [6.45, 7) is 0.536. The zero-order valence-corrected chi connectivity index (χ0v) is 8.16. The molecule has 0 aliphatic carbocycles. The van der Waals surface area contributed by atoms with Crippen LogP contribution in [0.3, 0.4) is 0 Å². The molecule has 2 aromatic rings. The Morgan fingerprint density at radius 3 is 2.71 bits per heavy atom. The first kappa shape index (κ1) is 9.03. The predicted molar refractivity (Wildman–Crippen MR) is 59.4 cm³/mol. The fourth-order valence-electron chi connectivity index (χ4n) is 1.53. The number of hydrogen-bond acceptors (Lipinski definition) is 2. The zero-order valence-electron chi connectivity index (χ0n) is 8.16. The summed E-state index contributed by atoms with van der Waals surface area (Å²) in [5.74, 6) is 0. The van der Waals surface area contributed by atoms with Gasteiger partial charge in [-0.05, 0) is 11.5 Å². The highest BCUT2D eigenvalue weighted by atomic mass is 16.5. The third-order valence-electron chi connectivity index (χ3n) is 2.20. The quantitative estimate of drug-likeness (QED) is 0.746. The van der Waals surface area contributed by atoms with Crippen LogP contribution in [0, 0.1) is 0 Å². The Balaban J connectivity index is 2.43. The van der Waals surface area contributed by atoms with E-state index < -0.39 is 0 Å². The van der Waals surface area contributed by atoms with Gasteiger partial charge in [0.05, 0.1) is 0 Å². The normalized spacial score (nSPS) is 10.4. The van der Waals surface area contributed by atoms with Gasteiger partial charge in [0.2, 0.25) is 0 Å². The van der Waals surface area contributed by atoms with Crippen molar-refractivity contribution in [1.29, 1.82) is 0 Å². The molecule has 0 fully saturated rings. The van der Waals surface area contributed by atoms with Crippen LogP contribution in [-0.4, -0.2) is 13.8 Å². The molecule has 0 spiro atoms. The highest BCUT2D eigenvalue weighted by Crippen LogP contribution is 2.22. The maximum Gasteiger partial charge on any atom is 0.116 e. The lowest BCUT2D eigenvalue weighted by molar-refractivity contribution is 0.221. The van der Waals surface area contributed by atoms with E-state index in [1.54, 1.807) is 7.11 Å². The van der Waals surface area contributed by atoms with Gasteiger partial charge in [0.15, 0.2) is 0 Å². The molecule has 0 aromatic heterocycles. The van der Waals surface area contributed by atoms with Gasteiger partial charge >= 0.3 is 0 Å². The van der Waals surface area contributed by atoms with Crippen LogP contribution in [-0.2, 0) is 4.74 Å². The number of nitrogens with one attached hydrogen (secondary N) is 1. The highest BCUT2D eigenvalue weighted by Gasteiger charge is 1.97. The first-order valence-electron chi connectivity index (χ1n) is 4.62. The van der Waals surface area contributed by atoms with E-state index in [-0.39, 0.29) is 0 Å². The Morgan fingerprint density at radius 2 is 1.86 bits per heavy atom. The lowest BCUT2D eigenvalue weighted by Crippen LogP contribution is -2.02. The van der Waals surface area contributed by atoms with E-state index in [2.05, 4.69) is 29.6 Å². The van der Waals surface area contributed by atoms with Gasteiger partial charge in [0, 0.05) is 18.2 Å². The molecular formula is C12H13NO. The molecule has 2 nitrogen and oxygen atoms in total. The molecule has 14 heavy (non-hydrogen) atoms.